The van der Waals surface area contributed by atoms with Crippen molar-refractivity contribution in [3.8, 4) is 11.3 Å². The van der Waals surface area contributed by atoms with Gasteiger partial charge in [-0.2, -0.15) is 0 Å². The Labute approximate surface area is 186 Å². The van der Waals surface area contributed by atoms with Crippen molar-refractivity contribution in [1.82, 2.24) is 15.0 Å². The molecule has 2 aliphatic rings. The van der Waals surface area contributed by atoms with Crippen LogP contribution in [0.1, 0.15) is 76.0 Å². The van der Waals surface area contributed by atoms with Crippen LogP contribution in [0.3, 0.4) is 0 Å². The van der Waals surface area contributed by atoms with Crippen molar-refractivity contribution in [1.29, 1.82) is 0 Å². The van der Waals surface area contributed by atoms with Gasteiger partial charge in [-0.3, -0.25) is 0 Å². The maximum atomic E-state index is 4.53. The highest BCUT2D eigenvalue weighted by Crippen LogP contribution is 2.58. The van der Waals surface area contributed by atoms with E-state index in [1.807, 2.05) is 6.20 Å². The maximum Gasteiger partial charge on any atom is 0.0885 e. The van der Waals surface area contributed by atoms with Gasteiger partial charge >= 0.3 is 0 Å². The Morgan fingerprint density at radius 2 is 1.87 bits per heavy atom. The fourth-order valence-corrected chi connectivity index (χ4v) is 6.74. The molecule has 3 atom stereocenters. The molecule has 0 radical (unpaired) electrons. The van der Waals surface area contributed by atoms with Crippen LogP contribution in [0.4, 0.5) is 0 Å². The first-order valence-corrected chi connectivity index (χ1v) is 12.0. The molecule has 1 fully saturated rings. The van der Waals surface area contributed by atoms with Gasteiger partial charge in [0.15, 0.2) is 0 Å². The Balaban J connectivity index is 1.49. The second-order valence-corrected chi connectivity index (χ2v) is 10.7. The number of fused-ring (bicyclic) bond motifs is 3. The summed E-state index contributed by atoms with van der Waals surface area (Å²) in [5.41, 5.74) is 7.49. The van der Waals surface area contributed by atoms with Gasteiger partial charge in [-0.05, 0) is 65.0 Å². The topological polar surface area (TPSA) is 30.7 Å². The molecule has 3 nitrogen and oxygen atoms in total. The normalized spacial score (nSPS) is 27.7. The largest absolute Gasteiger partial charge is 0.244 e. The summed E-state index contributed by atoms with van der Waals surface area (Å²) in [7, 11) is 0. The molecule has 0 N–H and O–H groups in total. The molecule has 0 aliphatic heterocycles. The predicted octanol–water partition coefficient (Wildman–Crippen LogP) is 6.78. The first-order valence-electron chi connectivity index (χ1n) is 12.0. The van der Waals surface area contributed by atoms with Gasteiger partial charge in [0.1, 0.15) is 0 Å². The zero-order valence-electron chi connectivity index (χ0n) is 19.4. The van der Waals surface area contributed by atoms with Crippen LogP contribution < -0.4 is 0 Å². The van der Waals surface area contributed by atoms with E-state index in [-0.39, 0.29) is 10.8 Å². The molecule has 0 amide bonds. The summed E-state index contributed by atoms with van der Waals surface area (Å²) in [4.78, 5) is 0. The zero-order valence-corrected chi connectivity index (χ0v) is 19.4. The van der Waals surface area contributed by atoms with Gasteiger partial charge in [0.05, 0.1) is 11.9 Å². The molecule has 1 saturated carbocycles. The number of aromatic nitrogens is 3. The van der Waals surface area contributed by atoms with Crippen molar-refractivity contribution >= 4 is 0 Å². The lowest BCUT2D eigenvalue weighted by atomic mass is 9.49. The van der Waals surface area contributed by atoms with Gasteiger partial charge < -0.3 is 0 Å². The van der Waals surface area contributed by atoms with Crippen molar-refractivity contribution in [2.24, 2.45) is 11.3 Å². The minimum absolute atomic E-state index is 0.221. The lowest BCUT2D eigenvalue weighted by molar-refractivity contribution is 0.00930. The summed E-state index contributed by atoms with van der Waals surface area (Å²) in [6, 6.07) is 17.9. The van der Waals surface area contributed by atoms with Crippen molar-refractivity contribution in [2.75, 3.05) is 0 Å². The molecule has 1 heterocycles. The summed E-state index contributed by atoms with van der Waals surface area (Å²) in [6.45, 7) is 10.6. The van der Waals surface area contributed by atoms with Crippen LogP contribution in [-0.4, -0.2) is 15.0 Å². The SMILES string of the molecule is CC(C)c1ccc2c(c1)CCC1[C@@](C)(Cn3nncc3-c3ccccc3)CCC[C@]21C. The first kappa shape index (κ1) is 20.5. The molecule has 5 rings (SSSR count). The van der Waals surface area contributed by atoms with E-state index in [1.165, 1.54) is 43.2 Å². The number of nitrogens with zero attached hydrogens (tertiary/aromatic N) is 3. The van der Waals surface area contributed by atoms with Crippen molar-refractivity contribution in [2.45, 2.75) is 77.7 Å². The Kier molecular flexibility index (Phi) is 5.03. The van der Waals surface area contributed by atoms with Gasteiger partial charge in [-0.1, -0.05) is 87.9 Å². The van der Waals surface area contributed by atoms with Crippen molar-refractivity contribution in [3.05, 3.63) is 71.4 Å². The van der Waals surface area contributed by atoms with Crippen LogP contribution >= 0.6 is 0 Å². The smallest absolute Gasteiger partial charge is 0.0885 e. The predicted molar refractivity (Wildman–Crippen MR) is 127 cm³/mol. The highest BCUT2D eigenvalue weighted by atomic mass is 15.4. The second kappa shape index (κ2) is 7.62. The maximum absolute atomic E-state index is 4.53. The Bertz CT molecular complexity index is 1070. The number of aryl methyl sites for hydroxylation is 1. The molecule has 31 heavy (non-hydrogen) atoms. The summed E-state index contributed by atoms with van der Waals surface area (Å²) in [5.74, 6) is 1.26. The Morgan fingerprint density at radius 1 is 1.06 bits per heavy atom. The zero-order chi connectivity index (χ0) is 21.6. The van der Waals surface area contributed by atoms with E-state index in [9.17, 15) is 0 Å². The molecule has 2 aliphatic carbocycles. The molecule has 0 spiro atoms. The highest BCUT2D eigenvalue weighted by molar-refractivity contribution is 5.57. The van der Waals surface area contributed by atoms with Gasteiger partial charge in [-0.15, -0.1) is 5.10 Å². The molecule has 2 aromatic carbocycles. The van der Waals surface area contributed by atoms with E-state index in [0.29, 0.717) is 11.8 Å². The van der Waals surface area contributed by atoms with Gasteiger partial charge in [0.2, 0.25) is 0 Å². The minimum atomic E-state index is 0.221. The summed E-state index contributed by atoms with van der Waals surface area (Å²) < 4.78 is 2.17. The van der Waals surface area contributed by atoms with Gasteiger partial charge in [0.25, 0.3) is 0 Å². The van der Waals surface area contributed by atoms with Crippen LogP contribution in [-0.2, 0) is 18.4 Å². The molecule has 3 heteroatoms. The molecule has 1 unspecified atom stereocenters. The molecular weight excluding hydrogens is 378 g/mol. The van der Waals surface area contributed by atoms with E-state index in [2.05, 4.69) is 91.2 Å². The van der Waals surface area contributed by atoms with Gasteiger partial charge in [-0.25, -0.2) is 4.68 Å². The third kappa shape index (κ3) is 3.43. The average Bonchev–Trinajstić information content (AvgIpc) is 3.21. The van der Waals surface area contributed by atoms with Crippen LogP contribution in [0.25, 0.3) is 11.3 Å². The molecule has 0 saturated heterocycles. The lowest BCUT2D eigenvalue weighted by Gasteiger charge is -2.55. The molecule has 3 aromatic rings. The summed E-state index contributed by atoms with van der Waals surface area (Å²) >= 11 is 0. The van der Waals surface area contributed by atoms with Gasteiger partial charge in [0, 0.05) is 12.1 Å². The molecule has 0 bridgehead atoms. The van der Waals surface area contributed by atoms with Crippen molar-refractivity contribution < 1.29 is 0 Å². The van der Waals surface area contributed by atoms with E-state index < -0.39 is 0 Å². The fourth-order valence-electron chi connectivity index (χ4n) is 6.74. The third-order valence-electron chi connectivity index (χ3n) is 8.37. The van der Waals surface area contributed by atoms with Crippen molar-refractivity contribution in [3.63, 3.8) is 0 Å². The first-order chi connectivity index (χ1) is 14.9. The summed E-state index contributed by atoms with van der Waals surface area (Å²) in [5, 5.41) is 8.83. The van der Waals surface area contributed by atoms with Crippen LogP contribution in [0.2, 0.25) is 0 Å². The van der Waals surface area contributed by atoms with Crippen LogP contribution in [0, 0.1) is 11.3 Å². The molecule has 162 valence electrons. The monoisotopic (exact) mass is 413 g/mol. The fraction of sp³-hybridized carbons (Fsp3) is 0.500. The Morgan fingerprint density at radius 3 is 2.65 bits per heavy atom. The number of hydrogen-bond donors (Lipinski definition) is 0. The second-order valence-electron chi connectivity index (χ2n) is 10.7. The minimum Gasteiger partial charge on any atom is -0.244 e. The van der Waals surface area contributed by atoms with E-state index >= 15 is 0 Å². The third-order valence-corrected chi connectivity index (χ3v) is 8.37. The van der Waals surface area contributed by atoms with E-state index in [0.717, 1.165) is 12.2 Å². The highest BCUT2D eigenvalue weighted by Gasteiger charge is 2.52. The van der Waals surface area contributed by atoms with Crippen LogP contribution in [0.15, 0.2) is 54.7 Å². The number of benzene rings is 2. The Hall–Kier alpha value is -2.42. The van der Waals surface area contributed by atoms with E-state index in [4.69, 9.17) is 0 Å². The number of rotatable bonds is 4. The van der Waals surface area contributed by atoms with E-state index in [1.54, 1.807) is 11.1 Å². The lowest BCUT2D eigenvalue weighted by Crippen LogP contribution is -2.50. The standard InChI is InChI=1S/C28H35N3/c1-20(2)22-11-13-24-23(17-22)12-14-26-27(3,15-8-16-28(24,26)4)19-31-25(18-29-30-31)21-9-6-5-7-10-21/h5-7,9-11,13,17-18,20,26H,8,12,14-16,19H2,1-4H3/t26?,27-,28-/m1/s1. The molecule has 1 aromatic heterocycles. The average molecular weight is 414 g/mol. The number of hydrogen-bond acceptors (Lipinski definition) is 2. The summed E-state index contributed by atoms with van der Waals surface area (Å²) in [6.07, 6.45) is 8.24. The van der Waals surface area contributed by atoms with Crippen LogP contribution in [0.5, 0.6) is 0 Å². The molecular formula is C28H35N3. The quantitative estimate of drug-likeness (QED) is 0.472.